The molecule has 1 amide bonds. The molecule has 29 heavy (non-hydrogen) atoms. The molecule has 3 aromatic rings. The maximum atomic E-state index is 12.3. The molecule has 4 rings (SSSR count). The van der Waals surface area contributed by atoms with Crippen molar-refractivity contribution in [3.05, 3.63) is 34.6 Å². The van der Waals surface area contributed by atoms with E-state index in [2.05, 4.69) is 15.3 Å². The molecule has 0 aliphatic carbocycles. The van der Waals surface area contributed by atoms with Crippen molar-refractivity contribution < 1.29 is 14.3 Å². The third-order valence-corrected chi connectivity index (χ3v) is 5.75. The molecule has 0 saturated carbocycles. The number of rotatable bonds is 6. The number of thioether (sulfide) groups is 1. The fourth-order valence-corrected chi connectivity index (χ4v) is 4.11. The molecule has 0 radical (unpaired) electrons. The second kappa shape index (κ2) is 8.16. The lowest BCUT2D eigenvalue weighted by Crippen LogP contribution is -2.29. The molecule has 0 unspecified atom stereocenters. The van der Waals surface area contributed by atoms with Crippen molar-refractivity contribution in [3.8, 4) is 22.8 Å². The van der Waals surface area contributed by atoms with E-state index in [1.807, 2.05) is 11.0 Å². The lowest BCUT2D eigenvalue weighted by Gasteiger charge is -2.14. The van der Waals surface area contributed by atoms with Crippen molar-refractivity contribution in [2.24, 2.45) is 0 Å². The third-order valence-electron chi connectivity index (χ3n) is 4.84. The highest BCUT2D eigenvalue weighted by Crippen LogP contribution is 2.32. The zero-order valence-electron chi connectivity index (χ0n) is 16.2. The number of aromatic nitrogens is 4. The Hall–Kier alpha value is -3.01. The van der Waals surface area contributed by atoms with Crippen LogP contribution in [0.15, 0.2) is 34.2 Å². The van der Waals surface area contributed by atoms with Crippen LogP contribution in [0.2, 0.25) is 0 Å². The molecule has 0 spiro atoms. The molecule has 1 fully saturated rings. The topological polar surface area (TPSA) is 102 Å². The Morgan fingerprint density at radius 1 is 1.17 bits per heavy atom. The third kappa shape index (κ3) is 3.80. The minimum absolute atomic E-state index is 0.0703. The highest BCUT2D eigenvalue weighted by molar-refractivity contribution is 7.99. The van der Waals surface area contributed by atoms with Gasteiger partial charge < -0.3 is 14.4 Å². The van der Waals surface area contributed by atoms with Gasteiger partial charge in [0, 0.05) is 18.7 Å². The first-order valence-electron chi connectivity index (χ1n) is 9.22. The second-order valence-corrected chi connectivity index (χ2v) is 7.55. The van der Waals surface area contributed by atoms with E-state index in [9.17, 15) is 9.59 Å². The molecule has 9 nitrogen and oxygen atoms in total. The summed E-state index contributed by atoms with van der Waals surface area (Å²) in [6, 6.07) is 7.11. The minimum atomic E-state index is -0.348. The Labute approximate surface area is 171 Å². The van der Waals surface area contributed by atoms with Crippen LogP contribution in [-0.4, -0.2) is 63.7 Å². The SMILES string of the molecule is COc1ccc(-c2cc3c(=O)[nH]nc(SCC(=O)N4CCCC4)n3n2)cc1OC. The van der Waals surface area contributed by atoms with Gasteiger partial charge >= 0.3 is 0 Å². The number of ether oxygens (including phenoxy) is 2. The second-order valence-electron chi connectivity index (χ2n) is 6.61. The standard InChI is InChI=1S/C19H21N5O4S/c1-27-15-6-5-12(9-16(15)28-2)13-10-14-18(26)20-21-19(24(14)22-13)29-11-17(25)23-7-3-4-8-23/h5-6,9-10H,3-4,7-8,11H2,1-2H3,(H,20,26). The summed E-state index contributed by atoms with van der Waals surface area (Å²) in [7, 11) is 3.13. The van der Waals surface area contributed by atoms with Gasteiger partial charge in [-0.25, -0.2) is 9.61 Å². The first-order chi connectivity index (χ1) is 14.1. The van der Waals surface area contributed by atoms with Gasteiger partial charge in [-0.05, 0) is 37.1 Å². The van der Waals surface area contributed by atoms with Gasteiger partial charge in [-0.3, -0.25) is 9.59 Å². The van der Waals surface area contributed by atoms with Gasteiger partial charge in [0.2, 0.25) is 11.1 Å². The molecule has 1 aliphatic heterocycles. The number of hydrogen-bond acceptors (Lipinski definition) is 7. The molecule has 10 heteroatoms. The molecule has 0 bridgehead atoms. The molecule has 1 aliphatic rings. The summed E-state index contributed by atoms with van der Waals surface area (Å²) in [6.07, 6.45) is 2.09. The van der Waals surface area contributed by atoms with Crippen molar-refractivity contribution in [1.29, 1.82) is 0 Å². The minimum Gasteiger partial charge on any atom is -0.493 e. The van der Waals surface area contributed by atoms with E-state index in [1.165, 1.54) is 16.3 Å². The zero-order valence-corrected chi connectivity index (χ0v) is 17.0. The van der Waals surface area contributed by atoms with Gasteiger partial charge in [-0.15, -0.1) is 5.10 Å². The van der Waals surface area contributed by atoms with Gasteiger partial charge in [-0.1, -0.05) is 11.8 Å². The van der Waals surface area contributed by atoms with Gasteiger partial charge in [-0.2, -0.15) is 5.10 Å². The first kappa shape index (κ1) is 19.3. The fraction of sp³-hybridized carbons (Fsp3) is 0.368. The molecule has 1 aromatic carbocycles. The summed E-state index contributed by atoms with van der Waals surface area (Å²) in [4.78, 5) is 26.4. The molecule has 1 saturated heterocycles. The van der Waals surface area contributed by atoms with E-state index in [0.717, 1.165) is 31.5 Å². The number of nitrogens with zero attached hydrogens (tertiary/aromatic N) is 4. The van der Waals surface area contributed by atoms with E-state index in [0.29, 0.717) is 27.9 Å². The molecular formula is C19H21N5O4S. The number of amides is 1. The van der Waals surface area contributed by atoms with Gasteiger partial charge in [0.15, 0.2) is 11.5 Å². The Bertz CT molecular complexity index is 1100. The van der Waals surface area contributed by atoms with Crippen LogP contribution in [0.5, 0.6) is 11.5 Å². The lowest BCUT2D eigenvalue weighted by molar-refractivity contribution is -0.127. The summed E-state index contributed by atoms with van der Waals surface area (Å²) in [5.74, 6) is 1.50. The number of benzene rings is 1. The summed E-state index contributed by atoms with van der Waals surface area (Å²) >= 11 is 1.26. The smallest absolute Gasteiger partial charge is 0.290 e. The number of aromatic amines is 1. The number of nitrogens with one attached hydrogen (secondary N) is 1. The van der Waals surface area contributed by atoms with E-state index < -0.39 is 0 Å². The highest BCUT2D eigenvalue weighted by atomic mass is 32.2. The summed E-state index contributed by atoms with van der Waals surface area (Å²) < 4.78 is 12.1. The molecule has 0 atom stereocenters. The Morgan fingerprint density at radius 2 is 1.93 bits per heavy atom. The normalized spacial score (nSPS) is 13.8. The van der Waals surface area contributed by atoms with Crippen LogP contribution in [0.1, 0.15) is 12.8 Å². The number of methoxy groups -OCH3 is 2. The van der Waals surface area contributed by atoms with Crippen molar-refractivity contribution in [3.63, 3.8) is 0 Å². The zero-order chi connectivity index (χ0) is 20.4. The van der Waals surface area contributed by atoms with Crippen molar-refractivity contribution in [1.82, 2.24) is 24.7 Å². The number of carbonyl (C=O) groups excluding carboxylic acids is 1. The fourth-order valence-electron chi connectivity index (χ4n) is 3.31. The average molecular weight is 415 g/mol. The number of hydrogen-bond donors (Lipinski definition) is 1. The predicted octanol–water partition coefficient (Wildman–Crippen LogP) is 1.82. The van der Waals surface area contributed by atoms with E-state index in [-0.39, 0.29) is 17.2 Å². The number of fused-ring (bicyclic) bond motifs is 1. The van der Waals surface area contributed by atoms with E-state index >= 15 is 0 Å². The number of carbonyl (C=O) groups is 1. The maximum Gasteiger partial charge on any atom is 0.290 e. The van der Waals surface area contributed by atoms with Crippen molar-refractivity contribution >= 4 is 23.2 Å². The summed E-state index contributed by atoms with van der Waals surface area (Å²) in [5, 5.41) is 11.6. The van der Waals surface area contributed by atoms with Gasteiger partial charge in [0.1, 0.15) is 5.52 Å². The van der Waals surface area contributed by atoms with Gasteiger partial charge in [0.25, 0.3) is 5.56 Å². The molecular weight excluding hydrogens is 394 g/mol. The van der Waals surface area contributed by atoms with Crippen molar-refractivity contribution in [2.45, 2.75) is 18.0 Å². The predicted molar refractivity (Wildman–Crippen MR) is 109 cm³/mol. The first-order valence-corrected chi connectivity index (χ1v) is 10.2. The Kier molecular flexibility index (Phi) is 5.43. The molecule has 2 aromatic heterocycles. The quantitative estimate of drug-likeness (QED) is 0.613. The summed E-state index contributed by atoms with van der Waals surface area (Å²) in [5.41, 5.74) is 1.38. The van der Waals surface area contributed by atoms with Gasteiger partial charge in [0.05, 0.1) is 25.7 Å². The molecule has 152 valence electrons. The van der Waals surface area contributed by atoms with Crippen LogP contribution < -0.4 is 15.0 Å². The van der Waals surface area contributed by atoms with Crippen LogP contribution in [0.4, 0.5) is 0 Å². The summed E-state index contributed by atoms with van der Waals surface area (Å²) in [6.45, 7) is 1.61. The molecule has 3 heterocycles. The average Bonchev–Trinajstić information content (AvgIpc) is 3.43. The number of H-pyrrole nitrogens is 1. The van der Waals surface area contributed by atoms with Crippen LogP contribution in [-0.2, 0) is 4.79 Å². The maximum absolute atomic E-state index is 12.3. The molecule has 1 N–H and O–H groups in total. The Balaban J connectivity index is 1.65. The van der Waals surface area contributed by atoms with Crippen LogP contribution in [0, 0.1) is 0 Å². The van der Waals surface area contributed by atoms with Crippen LogP contribution in [0.25, 0.3) is 16.8 Å². The lowest BCUT2D eigenvalue weighted by atomic mass is 10.1. The largest absolute Gasteiger partial charge is 0.493 e. The number of likely N-dealkylation sites (tertiary alicyclic amines) is 1. The van der Waals surface area contributed by atoms with Crippen molar-refractivity contribution in [2.75, 3.05) is 33.1 Å². The van der Waals surface area contributed by atoms with E-state index in [1.54, 1.807) is 32.4 Å². The van der Waals surface area contributed by atoms with Crippen LogP contribution >= 0.6 is 11.8 Å². The highest BCUT2D eigenvalue weighted by Gasteiger charge is 2.20. The van der Waals surface area contributed by atoms with E-state index in [4.69, 9.17) is 9.47 Å². The van der Waals surface area contributed by atoms with Crippen LogP contribution in [0.3, 0.4) is 0 Å². The Morgan fingerprint density at radius 3 is 2.66 bits per heavy atom. The monoisotopic (exact) mass is 415 g/mol.